The molecule has 0 saturated heterocycles. The standard InChI is InChI=1S/C13H25N3O5S2/c17-10-14-5-6-20-7-8-21-9-12(18)15-4-2-1-3-11(16-23)13(19)22/h10-11,16,23H,1-9H2,(H,14,17)(H,15,18)(H,19,22). The van der Waals surface area contributed by atoms with E-state index in [1.807, 2.05) is 0 Å². The van der Waals surface area contributed by atoms with Crippen LogP contribution in [0.2, 0.25) is 0 Å². The van der Waals surface area contributed by atoms with Gasteiger partial charge in [-0.25, -0.2) is 0 Å². The predicted octanol–water partition coefficient (Wildman–Crippen LogP) is -0.688. The minimum absolute atomic E-state index is 0.0219. The van der Waals surface area contributed by atoms with Crippen molar-refractivity contribution in [2.24, 2.45) is 0 Å². The Kier molecular flexibility index (Phi) is 15.5. The summed E-state index contributed by atoms with van der Waals surface area (Å²) in [4.78, 5) is 32.5. The van der Waals surface area contributed by atoms with Crippen LogP contribution in [0, 0.1) is 0 Å². The maximum absolute atomic E-state index is 11.5. The van der Waals surface area contributed by atoms with Crippen molar-refractivity contribution < 1.29 is 23.9 Å². The highest BCUT2D eigenvalue weighted by atomic mass is 32.1. The van der Waals surface area contributed by atoms with Crippen LogP contribution in [0.5, 0.6) is 0 Å². The zero-order valence-electron chi connectivity index (χ0n) is 13.0. The zero-order valence-corrected chi connectivity index (χ0v) is 14.7. The quantitative estimate of drug-likeness (QED) is 0.141. The molecule has 8 nitrogen and oxygen atoms in total. The summed E-state index contributed by atoms with van der Waals surface area (Å²) in [6.45, 7) is 2.04. The molecule has 0 aliphatic heterocycles. The van der Waals surface area contributed by atoms with Crippen molar-refractivity contribution in [3.63, 3.8) is 0 Å². The molecule has 0 spiro atoms. The second-order valence-electron chi connectivity index (χ2n) is 4.60. The largest absolute Gasteiger partial charge is 0.377 e. The summed E-state index contributed by atoms with van der Waals surface area (Å²) in [6, 6.07) is -0.373. The summed E-state index contributed by atoms with van der Waals surface area (Å²) >= 11 is 7.60. The lowest BCUT2D eigenvalue weighted by Crippen LogP contribution is -2.30. The second kappa shape index (κ2) is 16.1. The lowest BCUT2D eigenvalue weighted by atomic mass is 10.1. The first-order valence-electron chi connectivity index (χ1n) is 7.33. The zero-order chi connectivity index (χ0) is 17.3. The molecule has 0 aromatic carbocycles. The van der Waals surface area contributed by atoms with Gasteiger partial charge in [0.1, 0.15) is 6.61 Å². The van der Waals surface area contributed by atoms with E-state index in [0.29, 0.717) is 45.7 Å². The van der Waals surface area contributed by atoms with Crippen molar-refractivity contribution in [3.8, 4) is 0 Å². The van der Waals surface area contributed by atoms with Crippen LogP contribution in [0.1, 0.15) is 19.3 Å². The average molecular weight is 367 g/mol. The van der Waals surface area contributed by atoms with Crippen molar-refractivity contribution in [3.05, 3.63) is 0 Å². The van der Waals surface area contributed by atoms with Crippen LogP contribution in [0.3, 0.4) is 0 Å². The summed E-state index contributed by atoms with van der Waals surface area (Å²) < 4.78 is 12.9. The van der Waals surface area contributed by atoms with Gasteiger partial charge in [0.05, 0.1) is 25.9 Å². The summed E-state index contributed by atoms with van der Waals surface area (Å²) in [7, 11) is 0. The molecule has 10 heteroatoms. The molecule has 0 aromatic rings. The molecule has 134 valence electrons. The Labute approximate surface area is 147 Å². The number of unbranched alkanes of at least 4 members (excludes halogenated alkanes) is 1. The molecule has 0 bridgehead atoms. The predicted molar refractivity (Wildman–Crippen MR) is 92.5 cm³/mol. The van der Waals surface area contributed by atoms with Crippen LogP contribution in [0.4, 0.5) is 0 Å². The van der Waals surface area contributed by atoms with Crippen molar-refractivity contribution in [2.45, 2.75) is 25.3 Å². The number of nitrogens with one attached hydrogen (secondary N) is 3. The third-order valence-corrected chi connectivity index (χ3v) is 3.40. The van der Waals surface area contributed by atoms with Crippen LogP contribution >= 0.6 is 25.4 Å². The Bertz CT molecular complexity index is 348. The number of carbonyl (C=O) groups excluding carboxylic acids is 3. The molecule has 0 rings (SSSR count). The van der Waals surface area contributed by atoms with Crippen molar-refractivity contribution in [1.82, 2.24) is 15.4 Å². The van der Waals surface area contributed by atoms with E-state index in [9.17, 15) is 14.4 Å². The molecule has 0 aromatic heterocycles. The molecule has 3 N–H and O–H groups in total. The fourth-order valence-corrected chi connectivity index (χ4v) is 2.11. The van der Waals surface area contributed by atoms with Gasteiger partial charge >= 0.3 is 0 Å². The van der Waals surface area contributed by atoms with Crippen molar-refractivity contribution >= 4 is 42.9 Å². The van der Waals surface area contributed by atoms with E-state index in [4.69, 9.17) is 9.47 Å². The lowest BCUT2D eigenvalue weighted by molar-refractivity contribution is -0.126. The van der Waals surface area contributed by atoms with Gasteiger partial charge in [0.2, 0.25) is 17.4 Å². The Morgan fingerprint density at radius 1 is 1.09 bits per heavy atom. The van der Waals surface area contributed by atoms with E-state index >= 15 is 0 Å². The topological polar surface area (TPSA) is 106 Å². The van der Waals surface area contributed by atoms with E-state index in [-0.39, 0.29) is 23.7 Å². The summed E-state index contributed by atoms with van der Waals surface area (Å²) in [5.74, 6) is -0.193. The molecule has 23 heavy (non-hydrogen) atoms. The Balaban J connectivity index is 3.37. The Morgan fingerprint density at radius 2 is 1.83 bits per heavy atom. The molecule has 1 atom stereocenters. The molecular weight excluding hydrogens is 342 g/mol. The molecule has 0 radical (unpaired) electrons. The molecule has 0 aliphatic carbocycles. The smallest absolute Gasteiger partial charge is 0.245 e. The van der Waals surface area contributed by atoms with E-state index in [1.54, 1.807) is 0 Å². The number of thiol groups is 2. The molecule has 0 fully saturated rings. The average Bonchev–Trinajstić information content (AvgIpc) is 2.53. The number of ether oxygens (including phenoxy) is 2. The van der Waals surface area contributed by atoms with Crippen LogP contribution < -0.4 is 15.4 Å². The van der Waals surface area contributed by atoms with Gasteiger partial charge in [0.15, 0.2) is 0 Å². The first kappa shape index (κ1) is 22.2. The van der Waals surface area contributed by atoms with Crippen LogP contribution in [0.15, 0.2) is 0 Å². The highest BCUT2D eigenvalue weighted by Gasteiger charge is 2.11. The number of carbonyl (C=O) groups is 3. The maximum Gasteiger partial charge on any atom is 0.245 e. The van der Waals surface area contributed by atoms with Gasteiger partial charge in [-0.05, 0) is 19.3 Å². The summed E-state index contributed by atoms with van der Waals surface area (Å²) in [5, 5.41) is 4.94. The highest BCUT2D eigenvalue weighted by Crippen LogP contribution is 2.04. The summed E-state index contributed by atoms with van der Waals surface area (Å²) in [5.41, 5.74) is 0. The van der Waals surface area contributed by atoms with Gasteiger partial charge in [-0.15, -0.1) is 12.6 Å². The third-order valence-electron chi connectivity index (χ3n) is 2.77. The van der Waals surface area contributed by atoms with Crippen LogP contribution in [-0.2, 0) is 23.9 Å². The molecule has 0 heterocycles. The lowest BCUT2D eigenvalue weighted by Gasteiger charge is -2.11. The van der Waals surface area contributed by atoms with Gasteiger partial charge in [-0.3, -0.25) is 19.1 Å². The van der Waals surface area contributed by atoms with Gasteiger partial charge in [-0.1, -0.05) is 12.8 Å². The molecule has 1 unspecified atom stereocenters. The molecule has 0 aliphatic rings. The first-order chi connectivity index (χ1) is 11.1. The fourth-order valence-electron chi connectivity index (χ4n) is 1.57. The normalized spacial score (nSPS) is 11.7. The van der Waals surface area contributed by atoms with E-state index < -0.39 is 0 Å². The van der Waals surface area contributed by atoms with Gasteiger partial charge in [-0.2, -0.15) is 0 Å². The van der Waals surface area contributed by atoms with Crippen molar-refractivity contribution in [1.29, 1.82) is 0 Å². The SMILES string of the molecule is O=CNCCOCCOCC(=O)NCCCCC(NS)C(=O)S. The van der Waals surface area contributed by atoms with E-state index in [2.05, 4.69) is 40.8 Å². The number of hydrogen-bond donors (Lipinski definition) is 5. The van der Waals surface area contributed by atoms with Crippen molar-refractivity contribution in [2.75, 3.05) is 39.5 Å². The first-order valence-corrected chi connectivity index (χ1v) is 8.23. The van der Waals surface area contributed by atoms with E-state index in [0.717, 1.165) is 12.8 Å². The van der Waals surface area contributed by atoms with Crippen LogP contribution in [-0.4, -0.2) is 63.0 Å². The number of hydrogen-bond acceptors (Lipinski definition) is 7. The minimum atomic E-state index is -0.373. The molecule has 2 amide bonds. The number of rotatable bonds is 16. The molecule has 0 saturated carbocycles. The Hall–Kier alpha value is -0.810. The maximum atomic E-state index is 11.5. The van der Waals surface area contributed by atoms with Gasteiger partial charge < -0.3 is 20.1 Å². The Morgan fingerprint density at radius 3 is 2.48 bits per heavy atom. The second-order valence-corrected chi connectivity index (χ2v) is 5.30. The van der Waals surface area contributed by atoms with Crippen LogP contribution in [0.25, 0.3) is 0 Å². The van der Waals surface area contributed by atoms with Gasteiger partial charge in [0, 0.05) is 13.1 Å². The van der Waals surface area contributed by atoms with Gasteiger partial charge in [0.25, 0.3) is 0 Å². The monoisotopic (exact) mass is 367 g/mol. The molecular formula is C13H25N3O5S2. The third kappa shape index (κ3) is 14.5. The number of amides is 2. The minimum Gasteiger partial charge on any atom is -0.377 e. The summed E-state index contributed by atoms with van der Waals surface area (Å²) in [6.07, 6.45) is 2.75. The fraction of sp³-hybridized carbons (Fsp3) is 0.769. The van der Waals surface area contributed by atoms with E-state index in [1.165, 1.54) is 0 Å². The highest BCUT2D eigenvalue weighted by molar-refractivity contribution is 7.96.